The topological polar surface area (TPSA) is 91.9 Å². The summed E-state index contributed by atoms with van der Waals surface area (Å²) in [7, 11) is 3.14. The predicted octanol–water partition coefficient (Wildman–Crippen LogP) is 6.61. The maximum atomic E-state index is 11.5. The number of ether oxygens (including phenoxy) is 3. The molecule has 0 fully saturated rings. The number of hydrogen-bond acceptors (Lipinski definition) is 7. The summed E-state index contributed by atoms with van der Waals surface area (Å²) < 4.78 is 19.9. The summed E-state index contributed by atoms with van der Waals surface area (Å²) >= 11 is 1.61. The predicted molar refractivity (Wildman–Crippen MR) is 177 cm³/mol. The number of aryl methyl sites for hydroxylation is 4. The first-order valence-electron chi connectivity index (χ1n) is 13.5. The normalized spacial score (nSPS) is 11.0. The molecule has 4 aromatic rings. The zero-order valence-corrected chi connectivity index (χ0v) is 26.4. The molecule has 0 aliphatic carbocycles. The highest BCUT2D eigenvalue weighted by molar-refractivity contribution is 7.98. The van der Waals surface area contributed by atoms with Gasteiger partial charge in [-0.15, -0.1) is 11.8 Å². The molecule has 0 saturated heterocycles. The third-order valence-electron chi connectivity index (χ3n) is 6.48. The molecule has 0 amide bonds. The molecule has 4 rings (SSSR count). The second-order valence-electron chi connectivity index (χ2n) is 9.71. The average Bonchev–Trinajstić information content (AvgIpc) is 2.95. The van der Waals surface area contributed by atoms with E-state index in [0.717, 1.165) is 39.7 Å². The highest BCUT2D eigenvalue weighted by atomic mass is 32.2. The number of hydrogen-bond donors (Lipinski definition) is 1. The molecule has 43 heavy (non-hydrogen) atoms. The lowest BCUT2D eigenvalue weighted by Crippen LogP contribution is -2.08. The highest BCUT2D eigenvalue weighted by Gasteiger charge is 2.05. The summed E-state index contributed by atoms with van der Waals surface area (Å²) in [6.45, 7) is 7.59. The number of aromatic hydroxyl groups is 1. The first kappa shape index (κ1) is 32.9. The fourth-order valence-corrected chi connectivity index (χ4v) is 4.62. The fourth-order valence-electron chi connectivity index (χ4n) is 4.38. The molecule has 1 N–H and O–H groups in total. The van der Waals surface area contributed by atoms with Gasteiger partial charge in [-0.2, -0.15) is 0 Å². The van der Waals surface area contributed by atoms with Crippen molar-refractivity contribution in [2.45, 2.75) is 27.7 Å². The maximum absolute atomic E-state index is 11.5. The lowest BCUT2D eigenvalue weighted by molar-refractivity contribution is 0.344. The number of benzene rings is 2. The van der Waals surface area contributed by atoms with Gasteiger partial charge < -0.3 is 28.5 Å². The lowest BCUT2D eigenvalue weighted by atomic mass is 10.2. The molecule has 0 bridgehead atoms. The summed E-state index contributed by atoms with van der Waals surface area (Å²) in [5.74, 6) is 2.55. The van der Waals surface area contributed by atoms with Crippen LogP contribution in [0.25, 0.3) is 24.6 Å². The van der Waals surface area contributed by atoms with Gasteiger partial charge >= 0.3 is 0 Å². The van der Waals surface area contributed by atoms with Gasteiger partial charge in [-0.05, 0) is 81.5 Å². The van der Waals surface area contributed by atoms with Crippen molar-refractivity contribution in [3.05, 3.63) is 115 Å². The molecule has 0 aliphatic heterocycles. The van der Waals surface area contributed by atoms with Crippen LogP contribution in [0.3, 0.4) is 0 Å². The molecule has 226 valence electrons. The van der Waals surface area contributed by atoms with Gasteiger partial charge in [-0.3, -0.25) is 9.59 Å². The van der Waals surface area contributed by atoms with Crippen molar-refractivity contribution in [3.8, 4) is 23.0 Å². The molecule has 9 heteroatoms. The van der Waals surface area contributed by atoms with E-state index in [1.807, 2.05) is 91.9 Å². The van der Waals surface area contributed by atoms with Crippen LogP contribution < -0.4 is 25.1 Å². The van der Waals surface area contributed by atoms with Crippen molar-refractivity contribution >= 4 is 36.3 Å². The Hall–Kier alpha value is -4.63. The van der Waals surface area contributed by atoms with Crippen LogP contribution in [0.4, 0.5) is 0 Å². The van der Waals surface area contributed by atoms with Crippen LogP contribution >= 0.6 is 11.8 Å². The zero-order chi connectivity index (χ0) is 31.5. The third-order valence-corrected chi connectivity index (χ3v) is 6.83. The van der Waals surface area contributed by atoms with Crippen molar-refractivity contribution in [2.75, 3.05) is 26.4 Å². The number of aromatic nitrogens is 2. The second kappa shape index (κ2) is 15.6. The van der Waals surface area contributed by atoms with Crippen molar-refractivity contribution in [1.82, 2.24) is 9.13 Å². The number of rotatable bonds is 9. The third kappa shape index (κ3) is 9.18. The molecule has 8 nitrogen and oxygen atoms in total. The number of methoxy groups -OCH3 is 2. The van der Waals surface area contributed by atoms with Gasteiger partial charge in [-0.25, -0.2) is 0 Å². The number of phenolic OH excluding ortho intramolecular Hbond substituents is 1. The molecule has 0 saturated carbocycles. The summed E-state index contributed by atoms with van der Waals surface area (Å²) in [6.07, 6.45) is 9.65. The van der Waals surface area contributed by atoms with E-state index >= 15 is 0 Å². The van der Waals surface area contributed by atoms with E-state index < -0.39 is 0 Å². The Bertz CT molecular complexity index is 1680. The van der Waals surface area contributed by atoms with Crippen molar-refractivity contribution in [3.63, 3.8) is 0 Å². The molecular formula is C34H38N2O6S. The highest BCUT2D eigenvalue weighted by Crippen LogP contribution is 2.29. The van der Waals surface area contributed by atoms with Crippen LogP contribution in [0.5, 0.6) is 23.0 Å². The van der Waals surface area contributed by atoms with E-state index in [4.69, 9.17) is 14.2 Å². The molecule has 2 aromatic heterocycles. The Kier molecular flexibility index (Phi) is 11.9. The largest absolute Gasteiger partial charge is 0.504 e. The smallest absolute Gasteiger partial charge is 0.182 e. The van der Waals surface area contributed by atoms with Gasteiger partial charge in [0.1, 0.15) is 5.94 Å². The van der Waals surface area contributed by atoms with E-state index in [9.17, 15) is 14.7 Å². The van der Waals surface area contributed by atoms with E-state index in [-0.39, 0.29) is 16.6 Å². The van der Waals surface area contributed by atoms with Gasteiger partial charge in [0.05, 0.1) is 14.2 Å². The van der Waals surface area contributed by atoms with Crippen LogP contribution in [0.2, 0.25) is 0 Å². The summed E-state index contributed by atoms with van der Waals surface area (Å²) in [5, 5.41) is 9.73. The molecular weight excluding hydrogens is 564 g/mol. The van der Waals surface area contributed by atoms with Crippen LogP contribution in [0.15, 0.2) is 70.3 Å². The first-order valence-corrected chi connectivity index (χ1v) is 14.9. The average molecular weight is 603 g/mol. The molecule has 0 spiro atoms. The quantitative estimate of drug-likeness (QED) is 0.216. The Balaban J connectivity index is 0.000000238. The Morgan fingerprint density at radius 2 is 1.12 bits per heavy atom. The van der Waals surface area contributed by atoms with E-state index in [1.165, 1.54) is 7.11 Å². The van der Waals surface area contributed by atoms with Gasteiger partial charge in [0, 0.05) is 59.4 Å². The zero-order valence-electron chi connectivity index (χ0n) is 25.6. The Morgan fingerprint density at radius 1 is 0.674 bits per heavy atom. The minimum absolute atomic E-state index is 0.00624. The molecule has 2 aromatic carbocycles. The molecule has 0 aliphatic rings. The van der Waals surface area contributed by atoms with Crippen LogP contribution in [0.1, 0.15) is 33.9 Å². The SMILES string of the molecule is COc1ccc(/C=C/n2c(C)cc(=O)cc2C)cc1O.COc1ccc(/C=C/n2c(C)cc(=O)cc2C)cc1OCSC. The first-order chi connectivity index (χ1) is 20.6. The van der Waals surface area contributed by atoms with Gasteiger partial charge in [0.2, 0.25) is 0 Å². The summed E-state index contributed by atoms with van der Waals surface area (Å²) in [6, 6.07) is 17.4. The monoisotopic (exact) mass is 602 g/mol. The van der Waals surface area contributed by atoms with Gasteiger partial charge in [-0.1, -0.05) is 12.1 Å². The Morgan fingerprint density at radius 3 is 1.53 bits per heavy atom. The molecule has 0 radical (unpaired) electrons. The second-order valence-corrected chi connectivity index (χ2v) is 10.5. The molecule has 2 heterocycles. The number of pyridine rings is 2. The van der Waals surface area contributed by atoms with E-state index in [1.54, 1.807) is 55.3 Å². The standard InChI is InChI=1S/C18H21NO3S.C16H17NO3/c1-13-9-16(20)10-14(2)19(13)8-7-15-5-6-17(21-3)18(11-15)22-12-23-4;1-11-8-14(18)9-12(2)17(11)7-6-13-4-5-16(20-3)15(19)10-13/h5-11H,12H2,1-4H3;4-10,19H,1-3H3/b8-7+;7-6+. The lowest BCUT2D eigenvalue weighted by Gasteiger charge is -2.11. The molecule has 0 unspecified atom stereocenters. The van der Waals surface area contributed by atoms with Gasteiger partial charge in [0.25, 0.3) is 0 Å². The molecule has 0 atom stereocenters. The maximum Gasteiger partial charge on any atom is 0.182 e. The summed E-state index contributed by atoms with van der Waals surface area (Å²) in [4.78, 5) is 22.9. The minimum atomic E-state index is 0.00624. The van der Waals surface area contributed by atoms with E-state index in [0.29, 0.717) is 17.4 Å². The van der Waals surface area contributed by atoms with Crippen molar-refractivity contribution in [2.24, 2.45) is 0 Å². The number of nitrogens with zero attached hydrogens (tertiary/aromatic N) is 2. The van der Waals surface area contributed by atoms with Crippen LogP contribution in [-0.4, -0.2) is 40.7 Å². The minimum Gasteiger partial charge on any atom is -0.504 e. The van der Waals surface area contributed by atoms with Crippen molar-refractivity contribution < 1.29 is 19.3 Å². The van der Waals surface area contributed by atoms with Crippen LogP contribution in [-0.2, 0) is 0 Å². The number of thioether (sulfide) groups is 1. The van der Waals surface area contributed by atoms with Gasteiger partial charge in [0.15, 0.2) is 33.9 Å². The van der Waals surface area contributed by atoms with Crippen molar-refractivity contribution in [1.29, 1.82) is 0 Å². The van der Waals surface area contributed by atoms with Crippen LogP contribution in [0, 0.1) is 27.7 Å². The van der Waals surface area contributed by atoms with E-state index in [2.05, 4.69) is 0 Å². The Labute approximate surface area is 256 Å². The number of phenols is 1. The fraction of sp³-hybridized carbons (Fsp3) is 0.235. The summed E-state index contributed by atoms with van der Waals surface area (Å²) in [5.41, 5.74) is 5.42.